The van der Waals surface area contributed by atoms with Gasteiger partial charge in [-0.05, 0) is 36.2 Å². The number of aryl methyl sites for hydroxylation is 1. The Bertz CT molecular complexity index is 734. The van der Waals surface area contributed by atoms with Crippen LogP contribution in [0.5, 0.6) is 0 Å². The maximum Gasteiger partial charge on any atom is 0.224 e. The Morgan fingerprint density at radius 1 is 1.17 bits per heavy atom. The molecule has 3 rings (SSSR count). The smallest absolute Gasteiger partial charge is 0.224 e. The molecule has 0 atom stereocenters. The van der Waals surface area contributed by atoms with Gasteiger partial charge in [-0.1, -0.05) is 23.7 Å². The Morgan fingerprint density at radius 3 is 2.83 bits per heavy atom. The zero-order valence-corrected chi connectivity index (χ0v) is 11.1. The largest absolute Gasteiger partial charge is 0.300 e. The Morgan fingerprint density at radius 2 is 2.00 bits per heavy atom. The van der Waals surface area contributed by atoms with Gasteiger partial charge in [-0.2, -0.15) is 4.98 Å². The molecule has 0 fully saturated rings. The number of nitrogens with zero attached hydrogens (tertiary/aromatic N) is 3. The molecular weight excluding hydrogens is 269 g/mol. The molecule has 0 amide bonds. The van der Waals surface area contributed by atoms with Gasteiger partial charge in [0.15, 0.2) is 5.82 Å². The van der Waals surface area contributed by atoms with Crippen molar-refractivity contribution in [3.05, 3.63) is 52.5 Å². The first-order chi connectivity index (χ1) is 8.65. The van der Waals surface area contributed by atoms with Crippen LogP contribution in [0.3, 0.4) is 0 Å². The van der Waals surface area contributed by atoms with Crippen molar-refractivity contribution >= 4 is 34.1 Å². The molecule has 3 aromatic rings. The minimum Gasteiger partial charge on any atom is -0.300 e. The molecule has 0 spiro atoms. The van der Waals surface area contributed by atoms with Gasteiger partial charge in [-0.25, -0.2) is 4.98 Å². The molecule has 0 N–H and O–H groups in total. The van der Waals surface area contributed by atoms with Gasteiger partial charge in [0.05, 0.1) is 11.7 Å². The maximum absolute atomic E-state index is 6.12. The second-order valence-electron chi connectivity index (χ2n) is 4.06. The zero-order valence-electron chi connectivity index (χ0n) is 9.56. The molecule has 90 valence electrons. The van der Waals surface area contributed by atoms with Crippen LogP contribution in [-0.2, 0) is 0 Å². The summed E-state index contributed by atoms with van der Waals surface area (Å²) in [7, 11) is 0. The van der Waals surface area contributed by atoms with Crippen LogP contribution in [0, 0.1) is 6.92 Å². The highest BCUT2D eigenvalue weighted by molar-refractivity contribution is 6.33. The number of benzene rings is 1. The average Bonchev–Trinajstić information content (AvgIpc) is 2.75. The van der Waals surface area contributed by atoms with Gasteiger partial charge in [-0.3, -0.25) is 4.57 Å². The van der Waals surface area contributed by atoms with Crippen molar-refractivity contribution in [2.45, 2.75) is 6.92 Å². The molecule has 1 aromatic carbocycles. The van der Waals surface area contributed by atoms with E-state index in [0.717, 1.165) is 10.9 Å². The predicted octanol–water partition coefficient (Wildman–Crippen LogP) is 4.04. The van der Waals surface area contributed by atoms with Gasteiger partial charge < -0.3 is 0 Å². The third-order valence-electron chi connectivity index (χ3n) is 2.77. The molecule has 0 radical (unpaired) electrons. The summed E-state index contributed by atoms with van der Waals surface area (Å²) < 4.78 is 1.91. The van der Waals surface area contributed by atoms with Crippen LogP contribution in [0.15, 0.2) is 36.7 Å². The summed E-state index contributed by atoms with van der Waals surface area (Å²) in [6.07, 6.45) is 3.43. The van der Waals surface area contributed by atoms with Gasteiger partial charge in [0.2, 0.25) is 5.28 Å². The van der Waals surface area contributed by atoms with Crippen LogP contribution in [0.1, 0.15) is 5.56 Å². The highest BCUT2D eigenvalue weighted by Crippen LogP contribution is 2.25. The lowest BCUT2D eigenvalue weighted by atomic mass is 10.2. The monoisotopic (exact) mass is 277 g/mol. The topological polar surface area (TPSA) is 30.7 Å². The lowest BCUT2D eigenvalue weighted by molar-refractivity contribution is 1.01. The molecule has 18 heavy (non-hydrogen) atoms. The molecule has 2 aromatic heterocycles. The minimum absolute atomic E-state index is 0.184. The highest BCUT2D eigenvalue weighted by Gasteiger charge is 2.09. The molecule has 2 heterocycles. The molecule has 5 heteroatoms. The van der Waals surface area contributed by atoms with Crippen molar-refractivity contribution in [2.75, 3.05) is 0 Å². The third-order valence-corrected chi connectivity index (χ3v) is 3.22. The zero-order chi connectivity index (χ0) is 12.7. The normalized spacial score (nSPS) is 11.1. The summed E-state index contributed by atoms with van der Waals surface area (Å²) in [5.41, 5.74) is 2.23. The molecule has 0 saturated carbocycles. The fraction of sp³-hybridized carbons (Fsp3) is 0.0769. The van der Waals surface area contributed by atoms with Gasteiger partial charge in [0.1, 0.15) is 5.02 Å². The van der Waals surface area contributed by atoms with E-state index in [1.807, 2.05) is 23.8 Å². The molecule has 0 bridgehead atoms. The van der Waals surface area contributed by atoms with E-state index in [0.29, 0.717) is 10.8 Å². The molecule has 0 aliphatic carbocycles. The van der Waals surface area contributed by atoms with E-state index in [2.05, 4.69) is 28.2 Å². The molecule has 0 unspecified atom stereocenters. The van der Waals surface area contributed by atoms with Gasteiger partial charge >= 0.3 is 0 Å². The van der Waals surface area contributed by atoms with Gasteiger partial charge in [0, 0.05) is 11.6 Å². The van der Waals surface area contributed by atoms with E-state index < -0.39 is 0 Å². The van der Waals surface area contributed by atoms with Crippen LogP contribution < -0.4 is 0 Å². The second-order valence-corrected chi connectivity index (χ2v) is 4.80. The first kappa shape index (κ1) is 11.5. The first-order valence-corrected chi connectivity index (χ1v) is 6.17. The summed E-state index contributed by atoms with van der Waals surface area (Å²) in [4.78, 5) is 8.04. The van der Waals surface area contributed by atoms with Crippen molar-refractivity contribution in [3.8, 4) is 5.82 Å². The van der Waals surface area contributed by atoms with E-state index in [1.165, 1.54) is 11.8 Å². The Labute approximate surface area is 114 Å². The van der Waals surface area contributed by atoms with Crippen molar-refractivity contribution in [1.29, 1.82) is 0 Å². The molecule has 3 nitrogen and oxygen atoms in total. The molecular formula is C13H9Cl2N3. The fourth-order valence-electron chi connectivity index (χ4n) is 1.93. The molecule has 0 aliphatic rings. The fourth-order valence-corrected chi connectivity index (χ4v) is 2.24. The Hall–Kier alpha value is -1.58. The van der Waals surface area contributed by atoms with Crippen LogP contribution in [-0.4, -0.2) is 14.5 Å². The summed E-state index contributed by atoms with van der Waals surface area (Å²) in [5, 5.41) is 1.79. The van der Waals surface area contributed by atoms with Crippen molar-refractivity contribution < 1.29 is 0 Å². The van der Waals surface area contributed by atoms with Crippen molar-refractivity contribution in [3.63, 3.8) is 0 Å². The van der Waals surface area contributed by atoms with E-state index >= 15 is 0 Å². The number of halogens is 2. The number of rotatable bonds is 1. The number of hydrogen-bond acceptors (Lipinski definition) is 2. The summed E-state index contributed by atoms with van der Waals surface area (Å²) >= 11 is 11.9. The number of hydrogen-bond donors (Lipinski definition) is 0. The van der Waals surface area contributed by atoms with Crippen molar-refractivity contribution in [1.82, 2.24) is 14.5 Å². The SMILES string of the molecule is Cc1ccc2ccn(-c3nc(Cl)ncc3Cl)c2c1. The van der Waals surface area contributed by atoms with E-state index in [1.54, 1.807) is 0 Å². The second kappa shape index (κ2) is 4.26. The van der Waals surface area contributed by atoms with Crippen LogP contribution in [0.4, 0.5) is 0 Å². The van der Waals surface area contributed by atoms with Gasteiger partial charge in [-0.15, -0.1) is 0 Å². The van der Waals surface area contributed by atoms with Crippen molar-refractivity contribution in [2.24, 2.45) is 0 Å². The maximum atomic E-state index is 6.12. The average molecular weight is 278 g/mol. The number of aromatic nitrogens is 3. The van der Waals surface area contributed by atoms with Crippen LogP contribution in [0.25, 0.3) is 16.7 Å². The lowest BCUT2D eigenvalue weighted by Gasteiger charge is -2.07. The molecule has 0 saturated heterocycles. The van der Waals surface area contributed by atoms with Crippen LogP contribution in [0.2, 0.25) is 10.3 Å². The lowest BCUT2D eigenvalue weighted by Crippen LogP contribution is -1.98. The first-order valence-electron chi connectivity index (χ1n) is 5.41. The Balaban J connectivity index is 2.31. The standard InChI is InChI=1S/C13H9Cl2N3/c1-8-2-3-9-4-5-18(11(9)6-8)12-10(14)7-16-13(15)17-12/h2-7H,1H3. The Kier molecular flexibility index (Phi) is 2.73. The van der Waals surface area contributed by atoms with E-state index in [9.17, 15) is 0 Å². The molecule has 0 aliphatic heterocycles. The number of fused-ring (bicyclic) bond motifs is 1. The minimum atomic E-state index is 0.184. The van der Waals surface area contributed by atoms with Crippen LogP contribution >= 0.6 is 23.2 Å². The summed E-state index contributed by atoms with van der Waals surface area (Å²) in [6.45, 7) is 2.05. The predicted molar refractivity (Wildman–Crippen MR) is 73.6 cm³/mol. The third kappa shape index (κ3) is 1.85. The highest BCUT2D eigenvalue weighted by atomic mass is 35.5. The summed E-state index contributed by atoms with van der Waals surface area (Å²) in [5.74, 6) is 0.595. The van der Waals surface area contributed by atoms with E-state index in [-0.39, 0.29) is 5.28 Å². The quantitative estimate of drug-likeness (QED) is 0.629. The summed E-state index contributed by atoms with van der Waals surface area (Å²) in [6, 6.07) is 8.24. The van der Waals surface area contributed by atoms with Gasteiger partial charge in [0.25, 0.3) is 0 Å². The van der Waals surface area contributed by atoms with E-state index in [4.69, 9.17) is 23.2 Å².